The SMILES string of the molecule is CCONC(=O)c1ccc2c3c(cccc13)CC2. The van der Waals surface area contributed by atoms with Gasteiger partial charge in [0.05, 0.1) is 6.61 Å². The quantitative estimate of drug-likeness (QED) is 0.839. The molecule has 1 aliphatic rings. The second-order valence-electron chi connectivity index (χ2n) is 4.48. The monoisotopic (exact) mass is 241 g/mol. The number of aryl methyl sites for hydroxylation is 2. The normalized spacial score (nSPS) is 12.9. The number of rotatable bonds is 3. The highest BCUT2D eigenvalue weighted by molar-refractivity contribution is 6.08. The fourth-order valence-electron chi connectivity index (χ4n) is 2.64. The van der Waals surface area contributed by atoms with Crippen molar-refractivity contribution < 1.29 is 9.63 Å². The lowest BCUT2D eigenvalue weighted by molar-refractivity contribution is 0.0366. The summed E-state index contributed by atoms with van der Waals surface area (Å²) in [7, 11) is 0. The molecule has 2 aromatic rings. The van der Waals surface area contributed by atoms with Gasteiger partial charge in [-0.15, -0.1) is 0 Å². The van der Waals surface area contributed by atoms with Gasteiger partial charge in [-0.2, -0.15) is 0 Å². The first-order valence-electron chi connectivity index (χ1n) is 6.27. The minimum atomic E-state index is -0.174. The van der Waals surface area contributed by atoms with Gasteiger partial charge in [-0.1, -0.05) is 24.3 Å². The Morgan fingerprint density at radius 3 is 2.78 bits per heavy atom. The number of nitrogens with one attached hydrogen (secondary N) is 1. The molecule has 0 bridgehead atoms. The number of hydroxylamine groups is 1. The van der Waals surface area contributed by atoms with Crippen molar-refractivity contribution in [1.29, 1.82) is 0 Å². The van der Waals surface area contributed by atoms with E-state index in [4.69, 9.17) is 4.84 Å². The largest absolute Gasteiger partial charge is 0.275 e. The maximum atomic E-state index is 12.0. The van der Waals surface area contributed by atoms with E-state index in [0.29, 0.717) is 12.2 Å². The molecule has 0 radical (unpaired) electrons. The Hall–Kier alpha value is -1.87. The Labute approximate surface area is 106 Å². The van der Waals surface area contributed by atoms with Gasteiger partial charge >= 0.3 is 0 Å². The molecule has 3 heteroatoms. The number of amides is 1. The molecule has 1 aliphatic carbocycles. The number of carbonyl (C=O) groups excluding carboxylic acids is 1. The van der Waals surface area contributed by atoms with E-state index in [-0.39, 0.29) is 5.91 Å². The van der Waals surface area contributed by atoms with Crippen molar-refractivity contribution in [2.45, 2.75) is 19.8 Å². The predicted molar refractivity (Wildman–Crippen MR) is 70.4 cm³/mol. The van der Waals surface area contributed by atoms with Gasteiger partial charge in [0, 0.05) is 5.56 Å². The summed E-state index contributed by atoms with van der Waals surface area (Å²) in [4.78, 5) is 17.0. The van der Waals surface area contributed by atoms with Crippen LogP contribution in [0, 0.1) is 0 Å². The number of hydrogen-bond donors (Lipinski definition) is 1. The number of hydrogen-bond acceptors (Lipinski definition) is 2. The van der Waals surface area contributed by atoms with Crippen LogP contribution < -0.4 is 5.48 Å². The third-order valence-electron chi connectivity index (χ3n) is 3.43. The Morgan fingerprint density at radius 1 is 1.22 bits per heavy atom. The van der Waals surface area contributed by atoms with Gasteiger partial charge in [-0.25, -0.2) is 5.48 Å². The second-order valence-corrected chi connectivity index (χ2v) is 4.48. The van der Waals surface area contributed by atoms with Crippen LogP contribution >= 0.6 is 0 Å². The van der Waals surface area contributed by atoms with Gasteiger partial charge in [-0.05, 0) is 47.7 Å². The summed E-state index contributed by atoms with van der Waals surface area (Å²) in [5.74, 6) is -0.174. The highest BCUT2D eigenvalue weighted by Crippen LogP contribution is 2.32. The third kappa shape index (κ3) is 1.68. The molecular formula is C15H15NO2. The molecule has 18 heavy (non-hydrogen) atoms. The maximum absolute atomic E-state index is 12.0. The summed E-state index contributed by atoms with van der Waals surface area (Å²) in [5, 5.41) is 2.28. The van der Waals surface area contributed by atoms with Crippen LogP contribution in [0.3, 0.4) is 0 Å². The van der Waals surface area contributed by atoms with Gasteiger partial charge < -0.3 is 0 Å². The zero-order valence-corrected chi connectivity index (χ0v) is 10.3. The van der Waals surface area contributed by atoms with Crippen LogP contribution in [-0.4, -0.2) is 12.5 Å². The van der Waals surface area contributed by atoms with E-state index in [9.17, 15) is 4.79 Å². The van der Waals surface area contributed by atoms with Crippen LogP contribution in [-0.2, 0) is 17.7 Å². The molecule has 92 valence electrons. The molecule has 2 aromatic carbocycles. The molecule has 0 heterocycles. The van der Waals surface area contributed by atoms with Crippen molar-refractivity contribution in [3.8, 4) is 0 Å². The molecule has 0 saturated heterocycles. The van der Waals surface area contributed by atoms with E-state index >= 15 is 0 Å². The number of carbonyl (C=O) groups is 1. The Morgan fingerprint density at radius 2 is 2.00 bits per heavy atom. The van der Waals surface area contributed by atoms with E-state index in [1.54, 1.807) is 0 Å². The molecule has 0 unspecified atom stereocenters. The fraction of sp³-hybridized carbons (Fsp3) is 0.267. The summed E-state index contributed by atoms with van der Waals surface area (Å²) in [6.07, 6.45) is 2.15. The lowest BCUT2D eigenvalue weighted by Crippen LogP contribution is -2.23. The van der Waals surface area contributed by atoms with E-state index in [1.807, 2.05) is 25.1 Å². The van der Waals surface area contributed by atoms with Gasteiger partial charge in [0.2, 0.25) is 0 Å². The molecule has 0 spiro atoms. The smallest absolute Gasteiger partial charge is 0.274 e. The van der Waals surface area contributed by atoms with Crippen molar-refractivity contribution in [2.24, 2.45) is 0 Å². The average molecular weight is 241 g/mol. The lowest BCUT2D eigenvalue weighted by atomic mass is 10.00. The average Bonchev–Trinajstić information content (AvgIpc) is 2.82. The van der Waals surface area contributed by atoms with Gasteiger partial charge in [0.15, 0.2) is 0 Å². The minimum absolute atomic E-state index is 0.174. The van der Waals surface area contributed by atoms with Crippen molar-refractivity contribution in [3.05, 3.63) is 47.0 Å². The Balaban J connectivity index is 2.12. The topological polar surface area (TPSA) is 38.3 Å². The highest BCUT2D eigenvalue weighted by atomic mass is 16.6. The molecule has 0 fully saturated rings. The van der Waals surface area contributed by atoms with Gasteiger partial charge in [0.25, 0.3) is 5.91 Å². The zero-order chi connectivity index (χ0) is 12.5. The summed E-state index contributed by atoms with van der Waals surface area (Å²) in [6.45, 7) is 2.31. The number of benzene rings is 2. The van der Waals surface area contributed by atoms with Crippen molar-refractivity contribution >= 4 is 16.7 Å². The van der Waals surface area contributed by atoms with Gasteiger partial charge in [-0.3, -0.25) is 9.63 Å². The zero-order valence-electron chi connectivity index (χ0n) is 10.3. The molecule has 3 nitrogen and oxygen atoms in total. The molecule has 1 amide bonds. The molecule has 0 aromatic heterocycles. The maximum Gasteiger partial charge on any atom is 0.275 e. The second kappa shape index (κ2) is 4.42. The van der Waals surface area contributed by atoms with Crippen LogP contribution in [0.15, 0.2) is 30.3 Å². The van der Waals surface area contributed by atoms with E-state index in [0.717, 1.165) is 18.2 Å². The molecule has 0 aliphatic heterocycles. The molecule has 3 rings (SSSR count). The van der Waals surface area contributed by atoms with Crippen LogP contribution in [0.5, 0.6) is 0 Å². The fourth-order valence-corrected chi connectivity index (χ4v) is 2.64. The molecule has 1 N–H and O–H groups in total. The summed E-state index contributed by atoms with van der Waals surface area (Å²) < 4.78 is 0. The first kappa shape index (κ1) is 11.2. The van der Waals surface area contributed by atoms with E-state index in [2.05, 4.69) is 17.6 Å². The van der Waals surface area contributed by atoms with E-state index in [1.165, 1.54) is 16.5 Å². The Bertz CT molecular complexity index is 609. The van der Waals surface area contributed by atoms with Crippen LogP contribution in [0.2, 0.25) is 0 Å². The van der Waals surface area contributed by atoms with Gasteiger partial charge in [0.1, 0.15) is 0 Å². The minimum Gasteiger partial charge on any atom is -0.274 e. The Kier molecular flexibility index (Phi) is 2.76. The lowest BCUT2D eigenvalue weighted by Gasteiger charge is -2.09. The van der Waals surface area contributed by atoms with Crippen molar-refractivity contribution in [1.82, 2.24) is 5.48 Å². The molecular weight excluding hydrogens is 226 g/mol. The summed E-state index contributed by atoms with van der Waals surface area (Å²) >= 11 is 0. The first-order valence-corrected chi connectivity index (χ1v) is 6.27. The molecule has 0 atom stereocenters. The van der Waals surface area contributed by atoms with Crippen molar-refractivity contribution in [2.75, 3.05) is 6.61 Å². The van der Waals surface area contributed by atoms with E-state index < -0.39 is 0 Å². The highest BCUT2D eigenvalue weighted by Gasteiger charge is 2.18. The predicted octanol–water partition coefficient (Wildman–Crippen LogP) is 2.62. The van der Waals surface area contributed by atoms with Crippen molar-refractivity contribution in [3.63, 3.8) is 0 Å². The summed E-state index contributed by atoms with van der Waals surface area (Å²) in [6, 6.07) is 10.1. The third-order valence-corrected chi connectivity index (χ3v) is 3.43. The van der Waals surface area contributed by atoms with Crippen LogP contribution in [0.1, 0.15) is 28.4 Å². The summed E-state index contributed by atoms with van der Waals surface area (Å²) in [5.41, 5.74) is 5.83. The van der Waals surface area contributed by atoms with Crippen LogP contribution in [0.4, 0.5) is 0 Å². The standard InChI is InChI=1S/C15H15NO2/c1-2-18-16-15(17)13-9-8-11-7-6-10-4-3-5-12(13)14(10)11/h3-5,8-9H,2,6-7H2,1H3,(H,16,17). The molecule has 0 saturated carbocycles. The van der Waals surface area contributed by atoms with Crippen LogP contribution in [0.25, 0.3) is 10.8 Å². The first-order chi connectivity index (χ1) is 8.81.